The summed E-state index contributed by atoms with van der Waals surface area (Å²) in [5, 5.41) is 7.95. The summed E-state index contributed by atoms with van der Waals surface area (Å²) in [4.78, 5) is 29.6. The van der Waals surface area contributed by atoms with E-state index in [9.17, 15) is 4.79 Å². The van der Waals surface area contributed by atoms with E-state index in [2.05, 4.69) is 48.6 Å². The number of H-pyrrole nitrogens is 1. The van der Waals surface area contributed by atoms with Gasteiger partial charge in [0.05, 0.1) is 31.8 Å². The molecule has 2 aliphatic heterocycles. The van der Waals surface area contributed by atoms with E-state index in [0.29, 0.717) is 22.8 Å². The molecule has 0 amide bonds. The van der Waals surface area contributed by atoms with Crippen LogP contribution >= 0.6 is 0 Å². The molecule has 0 aliphatic carbocycles. The molecule has 6 rings (SSSR count). The van der Waals surface area contributed by atoms with Crippen molar-refractivity contribution in [2.45, 2.75) is 6.42 Å². The lowest BCUT2D eigenvalue weighted by molar-refractivity contribution is 0.0384. The van der Waals surface area contributed by atoms with Crippen LogP contribution in [-0.2, 0) is 15.9 Å². The van der Waals surface area contributed by atoms with Gasteiger partial charge in [0.2, 0.25) is 0 Å². The van der Waals surface area contributed by atoms with Gasteiger partial charge in [-0.05, 0) is 59.8 Å². The fourth-order valence-corrected chi connectivity index (χ4v) is 4.97. The molecule has 10 heteroatoms. The lowest BCUT2D eigenvalue weighted by atomic mass is 10.2. The fraction of sp³-hybridized carbons (Fsp3) is 0.345. The first-order valence-electron chi connectivity index (χ1n) is 13.5. The third-order valence-electron chi connectivity index (χ3n) is 7.16. The highest BCUT2D eigenvalue weighted by molar-refractivity contribution is 5.94. The molecule has 5 heterocycles. The van der Waals surface area contributed by atoms with Gasteiger partial charge in [-0.1, -0.05) is 6.07 Å². The third kappa shape index (κ3) is 6.19. The van der Waals surface area contributed by atoms with Crippen LogP contribution in [0.2, 0.25) is 0 Å². The molecule has 2 aliphatic rings. The van der Waals surface area contributed by atoms with Crippen LogP contribution in [0.1, 0.15) is 5.56 Å². The largest absolute Gasteiger partial charge is 0.379 e. The molecule has 4 aromatic rings. The number of hydrogen-bond donors (Lipinski definition) is 3. The number of aromatic nitrogens is 3. The maximum Gasteiger partial charge on any atom is 0.259 e. The Labute approximate surface area is 227 Å². The van der Waals surface area contributed by atoms with Crippen molar-refractivity contribution in [3.8, 4) is 0 Å². The summed E-state index contributed by atoms with van der Waals surface area (Å²) >= 11 is 0. The number of ether oxygens (including phenoxy) is 2. The first kappa shape index (κ1) is 25.3. The highest BCUT2D eigenvalue weighted by atomic mass is 16.5. The summed E-state index contributed by atoms with van der Waals surface area (Å²) in [5.74, 6) is 1.79. The smallest absolute Gasteiger partial charge is 0.259 e. The Kier molecular flexibility index (Phi) is 7.66. The number of fused-ring (bicyclic) bond motifs is 1. The standard InChI is InChI=1S/C29H33N7O3/c37-29-27-22(7-9-30-29)19-26(33-25-6-1-21(20-31-25)8-10-35-11-15-38-16-12-35)34-28(27)32-23-2-4-24(5-3-23)36-13-17-39-18-14-36/h1-7,9,19-20H,8,10-18H2,(H,30,37)(H2,31,32,33,34). The van der Waals surface area contributed by atoms with E-state index < -0.39 is 0 Å². The van der Waals surface area contributed by atoms with E-state index in [1.807, 2.05) is 36.5 Å². The zero-order chi connectivity index (χ0) is 26.4. The van der Waals surface area contributed by atoms with Crippen molar-refractivity contribution in [1.82, 2.24) is 19.9 Å². The maximum atomic E-state index is 12.7. The number of nitrogens with zero attached hydrogens (tertiary/aromatic N) is 4. The Morgan fingerprint density at radius 2 is 1.64 bits per heavy atom. The number of anilines is 5. The van der Waals surface area contributed by atoms with E-state index in [-0.39, 0.29) is 5.56 Å². The molecule has 0 unspecified atom stereocenters. The normalized spacial score (nSPS) is 16.4. The number of rotatable bonds is 8. The molecule has 2 saturated heterocycles. The van der Waals surface area contributed by atoms with Crippen molar-refractivity contribution in [2.24, 2.45) is 0 Å². The summed E-state index contributed by atoms with van der Waals surface area (Å²) < 4.78 is 10.9. The molecular formula is C29H33N7O3. The predicted octanol–water partition coefficient (Wildman–Crippen LogP) is 3.52. The maximum absolute atomic E-state index is 12.7. The van der Waals surface area contributed by atoms with Crippen LogP contribution in [0.15, 0.2) is 65.7 Å². The van der Waals surface area contributed by atoms with Crippen LogP contribution in [0.3, 0.4) is 0 Å². The van der Waals surface area contributed by atoms with Crippen molar-refractivity contribution in [1.29, 1.82) is 0 Å². The zero-order valence-electron chi connectivity index (χ0n) is 21.9. The number of hydrogen-bond acceptors (Lipinski definition) is 9. The molecule has 0 spiro atoms. The Morgan fingerprint density at radius 3 is 2.38 bits per heavy atom. The third-order valence-corrected chi connectivity index (χ3v) is 7.16. The molecule has 2 fully saturated rings. The average molecular weight is 528 g/mol. The van der Waals surface area contributed by atoms with E-state index in [4.69, 9.17) is 14.5 Å². The summed E-state index contributed by atoms with van der Waals surface area (Å²) in [6.45, 7) is 7.83. The molecule has 3 aromatic heterocycles. The summed E-state index contributed by atoms with van der Waals surface area (Å²) in [6, 6.07) is 16.0. The summed E-state index contributed by atoms with van der Waals surface area (Å²) in [5.41, 5.74) is 2.99. The first-order valence-corrected chi connectivity index (χ1v) is 13.5. The van der Waals surface area contributed by atoms with Crippen LogP contribution in [0.4, 0.5) is 28.8 Å². The van der Waals surface area contributed by atoms with Crippen LogP contribution in [-0.4, -0.2) is 79.0 Å². The van der Waals surface area contributed by atoms with E-state index >= 15 is 0 Å². The van der Waals surface area contributed by atoms with Crippen LogP contribution in [0.25, 0.3) is 10.8 Å². The van der Waals surface area contributed by atoms with Crippen molar-refractivity contribution in [2.75, 3.05) is 74.7 Å². The quantitative estimate of drug-likeness (QED) is 0.317. The Hall–Kier alpha value is -3.99. The average Bonchev–Trinajstić information content (AvgIpc) is 2.98. The van der Waals surface area contributed by atoms with Gasteiger partial charge in [-0.3, -0.25) is 9.69 Å². The van der Waals surface area contributed by atoms with Gasteiger partial charge in [-0.15, -0.1) is 0 Å². The van der Waals surface area contributed by atoms with Crippen molar-refractivity contribution >= 4 is 39.6 Å². The number of pyridine rings is 3. The van der Waals surface area contributed by atoms with Crippen molar-refractivity contribution < 1.29 is 9.47 Å². The number of aromatic amines is 1. The minimum Gasteiger partial charge on any atom is -0.379 e. The van der Waals surface area contributed by atoms with E-state index in [1.165, 1.54) is 5.56 Å². The monoisotopic (exact) mass is 527 g/mol. The second kappa shape index (κ2) is 11.8. The number of nitrogens with one attached hydrogen (secondary N) is 3. The lowest BCUT2D eigenvalue weighted by Gasteiger charge is -2.28. The molecule has 0 radical (unpaired) electrons. The second-order valence-electron chi connectivity index (χ2n) is 9.78. The van der Waals surface area contributed by atoms with Gasteiger partial charge in [-0.25, -0.2) is 9.97 Å². The summed E-state index contributed by atoms with van der Waals surface area (Å²) in [6.07, 6.45) is 4.50. The zero-order valence-corrected chi connectivity index (χ0v) is 21.9. The molecule has 39 heavy (non-hydrogen) atoms. The van der Waals surface area contributed by atoms with Gasteiger partial charge >= 0.3 is 0 Å². The SMILES string of the molecule is O=c1[nH]ccc2cc(Nc3ccc(CCN4CCOCC4)cn3)nc(Nc3ccc(N4CCOCC4)cc3)c12. The fourth-order valence-electron chi connectivity index (χ4n) is 4.97. The van der Waals surface area contributed by atoms with Gasteiger partial charge in [-0.2, -0.15) is 0 Å². The highest BCUT2D eigenvalue weighted by Crippen LogP contribution is 2.27. The van der Waals surface area contributed by atoms with E-state index in [0.717, 1.165) is 82.3 Å². The summed E-state index contributed by atoms with van der Waals surface area (Å²) in [7, 11) is 0. The van der Waals surface area contributed by atoms with Crippen LogP contribution < -0.4 is 21.1 Å². The van der Waals surface area contributed by atoms with Crippen LogP contribution in [0.5, 0.6) is 0 Å². The molecule has 1 aromatic carbocycles. The topological polar surface area (TPSA) is 108 Å². The van der Waals surface area contributed by atoms with Crippen molar-refractivity contribution in [3.63, 3.8) is 0 Å². The van der Waals surface area contributed by atoms with Gasteiger partial charge in [0.1, 0.15) is 17.5 Å². The van der Waals surface area contributed by atoms with Gasteiger partial charge in [0.25, 0.3) is 5.56 Å². The Bertz CT molecular complexity index is 1440. The molecule has 0 atom stereocenters. The molecule has 0 saturated carbocycles. The minimum atomic E-state index is -0.193. The molecule has 10 nitrogen and oxygen atoms in total. The van der Waals surface area contributed by atoms with Crippen molar-refractivity contribution in [3.05, 3.63) is 76.8 Å². The Morgan fingerprint density at radius 1 is 0.872 bits per heavy atom. The Balaban J connectivity index is 1.18. The molecular weight excluding hydrogens is 494 g/mol. The molecule has 3 N–H and O–H groups in total. The lowest BCUT2D eigenvalue weighted by Crippen LogP contribution is -2.37. The van der Waals surface area contributed by atoms with Gasteiger partial charge in [0, 0.05) is 56.5 Å². The van der Waals surface area contributed by atoms with Gasteiger partial charge in [0.15, 0.2) is 0 Å². The number of morpholine rings is 2. The molecule has 0 bridgehead atoms. The first-order chi connectivity index (χ1) is 19.2. The molecule has 202 valence electrons. The van der Waals surface area contributed by atoms with E-state index in [1.54, 1.807) is 6.20 Å². The number of benzene rings is 1. The second-order valence-corrected chi connectivity index (χ2v) is 9.78. The predicted molar refractivity (Wildman–Crippen MR) is 154 cm³/mol. The van der Waals surface area contributed by atoms with Gasteiger partial charge < -0.3 is 30.0 Å². The minimum absolute atomic E-state index is 0.193. The van der Waals surface area contributed by atoms with Crippen LogP contribution in [0, 0.1) is 0 Å². The highest BCUT2D eigenvalue weighted by Gasteiger charge is 2.14.